The normalized spacial score (nSPS) is 13.4. The van der Waals surface area contributed by atoms with Gasteiger partial charge in [-0.15, -0.1) is 11.3 Å². The van der Waals surface area contributed by atoms with E-state index in [4.69, 9.17) is 0 Å². The molecule has 0 spiro atoms. The van der Waals surface area contributed by atoms with Gasteiger partial charge in [0.15, 0.2) is 0 Å². The zero-order valence-corrected chi connectivity index (χ0v) is 14.1. The molecule has 0 aliphatic carbocycles. The van der Waals surface area contributed by atoms with Gasteiger partial charge in [-0.3, -0.25) is 0 Å². The molecule has 1 aromatic carbocycles. The predicted molar refractivity (Wildman–Crippen MR) is 87.8 cm³/mol. The van der Waals surface area contributed by atoms with Crippen molar-refractivity contribution in [2.24, 2.45) is 0 Å². The van der Waals surface area contributed by atoms with Gasteiger partial charge in [0.25, 0.3) is 0 Å². The highest BCUT2D eigenvalue weighted by molar-refractivity contribution is 7.11. The van der Waals surface area contributed by atoms with Crippen molar-refractivity contribution in [3.05, 3.63) is 51.2 Å². The molecule has 7 heteroatoms. The van der Waals surface area contributed by atoms with E-state index in [0.29, 0.717) is 12.1 Å². The summed E-state index contributed by atoms with van der Waals surface area (Å²) in [6.07, 6.45) is 0. The summed E-state index contributed by atoms with van der Waals surface area (Å²) in [6, 6.07) is 5.15. The molecule has 2 rings (SSSR count). The van der Waals surface area contributed by atoms with E-state index in [1.807, 2.05) is 13.8 Å². The number of aliphatic hydroxyl groups is 1. The first kappa shape index (κ1) is 17.4. The predicted octanol–water partition coefficient (Wildman–Crippen LogP) is 2.61. The summed E-state index contributed by atoms with van der Waals surface area (Å²) in [5.41, 5.74) is 0.219. The third-order valence-corrected chi connectivity index (χ3v) is 4.61. The summed E-state index contributed by atoms with van der Waals surface area (Å²) in [4.78, 5) is 17.3. The number of rotatable bonds is 5. The van der Waals surface area contributed by atoms with E-state index in [1.165, 1.54) is 35.6 Å². The largest absolute Gasteiger partial charge is 0.384 e. The van der Waals surface area contributed by atoms with Crippen LogP contribution in [0, 0.1) is 19.7 Å². The third kappa shape index (κ3) is 4.74. The topological polar surface area (TPSA) is 74.2 Å². The number of benzene rings is 1. The Morgan fingerprint density at radius 3 is 2.52 bits per heavy atom. The molecule has 23 heavy (non-hydrogen) atoms. The molecule has 0 aliphatic heterocycles. The second-order valence-electron chi connectivity index (χ2n) is 5.57. The number of hydrogen-bond acceptors (Lipinski definition) is 4. The van der Waals surface area contributed by atoms with Crippen LogP contribution in [0.25, 0.3) is 0 Å². The highest BCUT2D eigenvalue weighted by Crippen LogP contribution is 2.20. The number of thiazole rings is 1. The Morgan fingerprint density at radius 2 is 1.96 bits per heavy atom. The smallest absolute Gasteiger partial charge is 0.315 e. The number of aromatic nitrogens is 1. The fourth-order valence-electron chi connectivity index (χ4n) is 2.00. The summed E-state index contributed by atoms with van der Waals surface area (Å²) >= 11 is 1.54. The van der Waals surface area contributed by atoms with Gasteiger partial charge >= 0.3 is 6.03 Å². The molecule has 2 amide bonds. The molecule has 5 nitrogen and oxygen atoms in total. The van der Waals surface area contributed by atoms with Crippen molar-refractivity contribution in [1.82, 2.24) is 15.6 Å². The molecule has 1 atom stereocenters. The number of aryl methyl sites for hydroxylation is 2. The van der Waals surface area contributed by atoms with E-state index in [-0.39, 0.29) is 12.4 Å². The molecule has 1 unspecified atom stereocenters. The van der Waals surface area contributed by atoms with Crippen LogP contribution in [-0.4, -0.2) is 22.7 Å². The maximum Gasteiger partial charge on any atom is 0.315 e. The van der Waals surface area contributed by atoms with Crippen molar-refractivity contribution in [3.63, 3.8) is 0 Å². The second-order valence-corrected chi connectivity index (χ2v) is 6.85. The van der Waals surface area contributed by atoms with Gasteiger partial charge < -0.3 is 15.7 Å². The molecule has 0 fully saturated rings. The first-order valence-electron chi connectivity index (χ1n) is 7.21. The lowest BCUT2D eigenvalue weighted by atomic mass is 9.96. The van der Waals surface area contributed by atoms with Gasteiger partial charge in [-0.2, -0.15) is 0 Å². The molecule has 124 valence electrons. The Labute approximate surface area is 138 Å². The van der Waals surface area contributed by atoms with Gasteiger partial charge in [0.05, 0.1) is 18.8 Å². The zero-order chi connectivity index (χ0) is 17.0. The van der Waals surface area contributed by atoms with Crippen molar-refractivity contribution in [3.8, 4) is 0 Å². The van der Waals surface area contributed by atoms with Crippen LogP contribution in [-0.2, 0) is 12.1 Å². The number of carbonyl (C=O) groups is 1. The van der Waals surface area contributed by atoms with Crippen molar-refractivity contribution in [2.75, 3.05) is 6.54 Å². The van der Waals surface area contributed by atoms with Crippen LogP contribution in [0.3, 0.4) is 0 Å². The number of carbonyl (C=O) groups excluding carboxylic acids is 1. The van der Waals surface area contributed by atoms with Gasteiger partial charge in [-0.1, -0.05) is 12.1 Å². The van der Waals surface area contributed by atoms with Crippen LogP contribution in [0.1, 0.15) is 28.1 Å². The minimum Gasteiger partial charge on any atom is -0.384 e. The van der Waals surface area contributed by atoms with Crippen LogP contribution in [0.2, 0.25) is 0 Å². The van der Waals surface area contributed by atoms with Gasteiger partial charge in [0, 0.05) is 4.88 Å². The standard InChI is InChI=1S/C16H20FN3O2S/c1-10-11(2)23-14(20-10)8-18-15(21)19-9-16(3,22)12-4-6-13(17)7-5-12/h4-7,22H,8-9H2,1-3H3,(H2,18,19,21). The van der Waals surface area contributed by atoms with Gasteiger partial charge in [-0.05, 0) is 38.5 Å². The minimum absolute atomic E-state index is 0.0143. The summed E-state index contributed by atoms with van der Waals surface area (Å²) < 4.78 is 12.9. The molecule has 0 saturated carbocycles. The van der Waals surface area contributed by atoms with Crippen LogP contribution in [0.5, 0.6) is 0 Å². The van der Waals surface area contributed by atoms with Crippen molar-refractivity contribution in [1.29, 1.82) is 0 Å². The number of urea groups is 1. The summed E-state index contributed by atoms with van der Waals surface area (Å²) in [7, 11) is 0. The molecule has 0 bridgehead atoms. The maximum atomic E-state index is 12.9. The minimum atomic E-state index is -1.28. The molecule has 1 heterocycles. The third-order valence-electron chi connectivity index (χ3n) is 3.53. The van der Waals surface area contributed by atoms with E-state index in [0.717, 1.165) is 15.6 Å². The van der Waals surface area contributed by atoms with E-state index in [2.05, 4.69) is 15.6 Å². The number of halogens is 1. The number of hydrogen-bond donors (Lipinski definition) is 3. The molecule has 1 aromatic heterocycles. The Kier molecular flexibility index (Phi) is 5.33. The summed E-state index contributed by atoms with van der Waals surface area (Å²) in [5, 5.41) is 16.5. The Morgan fingerprint density at radius 1 is 1.30 bits per heavy atom. The molecule has 0 radical (unpaired) electrons. The highest BCUT2D eigenvalue weighted by atomic mass is 32.1. The molecule has 0 saturated heterocycles. The maximum absolute atomic E-state index is 12.9. The van der Waals surface area contributed by atoms with Gasteiger partial charge in [0.2, 0.25) is 0 Å². The van der Waals surface area contributed by atoms with Crippen molar-refractivity contribution >= 4 is 17.4 Å². The monoisotopic (exact) mass is 337 g/mol. The number of nitrogens with one attached hydrogen (secondary N) is 2. The van der Waals surface area contributed by atoms with Gasteiger partial charge in [-0.25, -0.2) is 14.2 Å². The second kappa shape index (κ2) is 7.06. The van der Waals surface area contributed by atoms with Crippen LogP contribution in [0.4, 0.5) is 9.18 Å². The van der Waals surface area contributed by atoms with E-state index in [1.54, 1.807) is 6.92 Å². The van der Waals surface area contributed by atoms with Crippen LogP contribution in [0.15, 0.2) is 24.3 Å². The first-order valence-corrected chi connectivity index (χ1v) is 8.02. The highest BCUT2D eigenvalue weighted by Gasteiger charge is 2.23. The molecule has 0 aliphatic rings. The van der Waals surface area contributed by atoms with Crippen LogP contribution < -0.4 is 10.6 Å². The fraction of sp³-hybridized carbons (Fsp3) is 0.375. The van der Waals surface area contributed by atoms with Crippen molar-refractivity contribution < 1.29 is 14.3 Å². The lowest BCUT2D eigenvalue weighted by Crippen LogP contribution is -2.43. The summed E-state index contributed by atoms with van der Waals surface area (Å²) in [6.45, 7) is 5.82. The van der Waals surface area contributed by atoms with E-state index < -0.39 is 11.6 Å². The average Bonchev–Trinajstić information content (AvgIpc) is 2.82. The molecular formula is C16H20FN3O2S. The molecular weight excluding hydrogens is 317 g/mol. The molecule has 3 N–H and O–H groups in total. The lowest BCUT2D eigenvalue weighted by Gasteiger charge is -2.24. The number of amides is 2. The first-order chi connectivity index (χ1) is 10.8. The van der Waals surface area contributed by atoms with E-state index >= 15 is 0 Å². The average molecular weight is 337 g/mol. The molecule has 2 aromatic rings. The Hall–Kier alpha value is -1.99. The van der Waals surface area contributed by atoms with Crippen molar-refractivity contribution in [2.45, 2.75) is 32.9 Å². The lowest BCUT2D eigenvalue weighted by molar-refractivity contribution is 0.0593. The Balaban J connectivity index is 1.84. The SMILES string of the molecule is Cc1nc(CNC(=O)NCC(C)(O)c2ccc(F)cc2)sc1C. The fourth-order valence-corrected chi connectivity index (χ4v) is 2.87. The Bertz CT molecular complexity index is 664. The quantitative estimate of drug-likeness (QED) is 0.785. The van der Waals surface area contributed by atoms with Gasteiger partial charge in [0.1, 0.15) is 16.4 Å². The zero-order valence-electron chi connectivity index (χ0n) is 13.3. The summed E-state index contributed by atoms with van der Waals surface area (Å²) in [5.74, 6) is -0.371. The van der Waals surface area contributed by atoms with Crippen LogP contribution >= 0.6 is 11.3 Å². The number of nitrogens with zero attached hydrogens (tertiary/aromatic N) is 1. The van der Waals surface area contributed by atoms with E-state index in [9.17, 15) is 14.3 Å².